The molecule has 1 N–H and O–H groups in total. The molecule has 1 amide bonds. The first-order chi connectivity index (χ1) is 9.72. The van der Waals surface area contributed by atoms with Crippen molar-refractivity contribution in [2.45, 2.75) is 6.92 Å². The molecule has 0 radical (unpaired) electrons. The van der Waals surface area contributed by atoms with Crippen LogP contribution in [0, 0.1) is 0 Å². The third-order valence-electron chi connectivity index (χ3n) is 3.04. The smallest absolute Gasteiger partial charge is 0.382 e. The third-order valence-corrected chi connectivity index (χ3v) is 3.04. The first-order valence-electron chi connectivity index (χ1n) is 6.42. The lowest BCUT2D eigenvalue weighted by Crippen LogP contribution is -2.75. The van der Waals surface area contributed by atoms with Gasteiger partial charge in [-0.05, 0) is 30.4 Å². The lowest BCUT2D eigenvalue weighted by molar-refractivity contribution is -0.373. The van der Waals surface area contributed by atoms with Crippen LogP contribution in [0.3, 0.4) is 0 Å². The maximum absolute atomic E-state index is 11.0. The molecule has 0 saturated carbocycles. The average Bonchev–Trinajstić information content (AvgIpc) is 2.47. The number of nitrogens with one attached hydrogen (secondary N) is 1. The van der Waals surface area contributed by atoms with Crippen molar-refractivity contribution in [3.63, 3.8) is 0 Å². The highest BCUT2D eigenvalue weighted by Gasteiger charge is 2.13. The number of carbonyl (C=O) groups is 1. The summed E-state index contributed by atoms with van der Waals surface area (Å²) in [5, 5.41) is 0. The predicted octanol–water partition coefficient (Wildman–Crippen LogP) is 1.54. The Morgan fingerprint density at radius 3 is 2.50 bits per heavy atom. The van der Waals surface area contributed by atoms with Gasteiger partial charge >= 0.3 is 5.91 Å². The molecule has 98 valence electrons. The number of hydrogen-bond donors (Lipinski definition) is 1. The topological polar surface area (TPSA) is 40.3 Å². The predicted molar refractivity (Wildman–Crippen MR) is 78.1 cm³/mol. The molecular weight excluding hydrogens is 250 g/mol. The van der Waals surface area contributed by atoms with Crippen LogP contribution in [0.1, 0.15) is 12.5 Å². The van der Waals surface area contributed by atoms with Crippen molar-refractivity contribution in [1.82, 2.24) is 0 Å². The average molecular weight is 264 g/mol. The number of benzene rings is 1. The summed E-state index contributed by atoms with van der Waals surface area (Å²) in [5.41, 5.74) is 2.83. The van der Waals surface area contributed by atoms with Crippen molar-refractivity contribution in [2.24, 2.45) is 0 Å². The maximum Gasteiger partial charge on any atom is 0.382 e. The highest BCUT2D eigenvalue weighted by molar-refractivity contribution is 6.03. The number of fused-ring (bicyclic) bond motifs is 1. The molecule has 3 heteroatoms. The molecule has 1 heterocycles. The van der Waals surface area contributed by atoms with Crippen LogP contribution in [-0.2, 0) is 4.79 Å². The maximum atomic E-state index is 11.0. The fraction of sp³-hybridized carbons (Fsp3) is 0.0588. The standard InChI is InChI=1S/C17H13NO2/c1-12(19)18-15-9-6-14(7-10-15)17-11-8-13-4-2-3-5-16(13)20-17/h2-11H,1H3/p+1. The van der Waals surface area contributed by atoms with E-state index in [1.807, 2.05) is 60.7 Å². The summed E-state index contributed by atoms with van der Waals surface area (Å²) in [7, 11) is 0. The van der Waals surface area contributed by atoms with Gasteiger partial charge in [0.05, 0.1) is 6.92 Å². The molecular formula is C17H14NO2+. The number of rotatable bonds is 0. The molecule has 2 aliphatic rings. The minimum atomic E-state index is -0.0758. The van der Waals surface area contributed by atoms with Gasteiger partial charge in [0.15, 0.2) is 0 Å². The van der Waals surface area contributed by atoms with Crippen molar-refractivity contribution in [3.8, 4) is 5.75 Å². The van der Waals surface area contributed by atoms with Crippen molar-refractivity contribution >= 4 is 17.7 Å². The van der Waals surface area contributed by atoms with Gasteiger partial charge in [0, 0.05) is 23.3 Å². The zero-order chi connectivity index (χ0) is 13.9. The fourth-order valence-electron chi connectivity index (χ4n) is 2.11. The minimum Gasteiger partial charge on any atom is -0.456 e. The van der Waals surface area contributed by atoms with Crippen LogP contribution in [-0.4, -0.2) is 11.6 Å². The lowest BCUT2D eigenvalue weighted by atomic mass is 10.0. The number of para-hydroxylation sites is 1. The van der Waals surface area contributed by atoms with Gasteiger partial charge in [0.2, 0.25) is 5.71 Å². The van der Waals surface area contributed by atoms with E-state index in [4.69, 9.17) is 4.74 Å². The van der Waals surface area contributed by atoms with E-state index in [1.54, 1.807) is 0 Å². The first kappa shape index (κ1) is 12.4. The van der Waals surface area contributed by atoms with Crippen LogP contribution < -0.4 is 9.73 Å². The van der Waals surface area contributed by atoms with E-state index in [9.17, 15) is 4.79 Å². The van der Waals surface area contributed by atoms with E-state index in [2.05, 4.69) is 4.99 Å². The molecule has 0 unspecified atom stereocenters. The molecule has 0 atom stereocenters. The number of hydrogen-bond acceptors (Lipinski definition) is 2. The fourth-order valence-corrected chi connectivity index (χ4v) is 2.11. The van der Waals surface area contributed by atoms with Gasteiger partial charge in [-0.2, -0.15) is 4.99 Å². The second-order valence-electron chi connectivity index (χ2n) is 4.60. The number of ether oxygens (including phenoxy) is 1. The molecule has 3 rings (SSSR count). The Morgan fingerprint density at radius 1 is 1.00 bits per heavy atom. The van der Waals surface area contributed by atoms with Crippen LogP contribution in [0.5, 0.6) is 5.75 Å². The quantitative estimate of drug-likeness (QED) is 0.772. The van der Waals surface area contributed by atoms with E-state index in [0.29, 0.717) is 0 Å². The Labute approximate surface area is 117 Å². The summed E-state index contributed by atoms with van der Waals surface area (Å²) in [6.45, 7) is 1.49. The molecule has 0 aromatic heterocycles. The van der Waals surface area contributed by atoms with Crippen molar-refractivity contribution in [3.05, 3.63) is 71.5 Å². The molecule has 1 aliphatic carbocycles. The Balaban J connectivity index is 1.89. The van der Waals surface area contributed by atoms with Crippen LogP contribution in [0.2, 0.25) is 0 Å². The van der Waals surface area contributed by atoms with Crippen LogP contribution >= 0.6 is 0 Å². The Kier molecular flexibility index (Phi) is 3.17. The zero-order valence-corrected chi connectivity index (χ0v) is 11.1. The van der Waals surface area contributed by atoms with Gasteiger partial charge < -0.3 is 4.74 Å². The normalized spacial score (nSPS) is 15.9. The number of carbonyl (C=O) groups excluding carboxylic acids is 1. The molecule has 1 aromatic rings. The van der Waals surface area contributed by atoms with Crippen LogP contribution in [0.4, 0.5) is 0 Å². The van der Waals surface area contributed by atoms with Crippen molar-refractivity contribution in [2.75, 3.05) is 0 Å². The Morgan fingerprint density at radius 2 is 1.75 bits per heavy atom. The van der Waals surface area contributed by atoms with E-state index < -0.39 is 0 Å². The Hall–Kier alpha value is -2.68. The summed E-state index contributed by atoms with van der Waals surface area (Å²) in [6, 6.07) is 7.91. The molecule has 0 fully saturated rings. The second-order valence-corrected chi connectivity index (χ2v) is 4.60. The minimum absolute atomic E-state index is 0.0758. The van der Waals surface area contributed by atoms with Crippen LogP contribution in [0.25, 0.3) is 6.08 Å². The molecule has 20 heavy (non-hydrogen) atoms. The van der Waals surface area contributed by atoms with Crippen LogP contribution in [0.15, 0.2) is 66.0 Å². The summed E-state index contributed by atoms with van der Waals surface area (Å²) >= 11 is 0. The van der Waals surface area contributed by atoms with Gasteiger partial charge in [-0.3, -0.25) is 0 Å². The molecule has 1 aromatic carbocycles. The van der Waals surface area contributed by atoms with Gasteiger partial charge in [-0.15, -0.1) is 0 Å². The van der Waals surface area contributed by atoms with E-state index in [0.717, 1.165) is 28.4 Å². The monoisotopic (exact) mass is 264 g/mol. The summed E-state index contributed by atoms with van der Waals surface area (Å²) in [5.74, 6) is 1.59. The highest BCUT2D eigenvalue weighted by Crippen LogP contribution is 2.29. The number of allylic oxidation sites excluding steroid dienone is 6. The Bertz CT molecular complexity index is 700. The SMILES string of the molecule is CC(=O)[NH+]=C1C=CC(=C2C=Cc3ccccc3O2)C=C1. The third kappa shape index (κ3) is 2.52. The van der Waals surface area contributed by atoms with E-state index >= 15 is 0 Å². The van der Waals surface area contributed by atoms with Gasteiger partial charge in [0.25, 0.3) is 0 Å². The van der Waals surface area contributed by atoms with Crippen molar-refractivity contribution < 1.29 is 14.5 Å². The molecule has 0 bridgehead atoms. The van der Waals surface area contributed by atoms with E-state index in [-0.39, 0.29) is 5.91 Å². The summed E-state index contributed by atoms with van der Waals surface area (Å²) in [4.78, 5) is 13.7. The molecule has 1 aliphatic heterocycles. The molecule has 0 spiro atoms. The van der Waals surface area contributed by atoms with Crippen molar-refractivity contribution in [1.29, 1.82) is 0 Å². The van der Waals surface area contributed by atoms with Gasteiger partial charge in [-0.1, -0.05) is 18.2 Å². The van der Waals surface area contributed by atoms with Gasteiger partial charge in [0.1, 0.15) is 11.5 Å². The lowest BCUT2D eigenvalue weighted by Gasteiger charge is -2.16. The largest absolute Gasteiger partial charge is 0.456 e. The second kappa shape index (κ2) is 5.13. The number of amides is 1. The summed E-state index contributed by atoms with van der Waals surface area (Å²) in [6.07, 6.45) is 11.6. The molecule has 0 saturated heterocycles. The zero-order valence-electron chi connectivity index (χ0n) is 11.1. The molecule has 3 nitrogen and oxygen atoms in total. The first-order valence-corrected chi connectivity index (χ1v) is 6.42. The summed E-state index contributed by atoms with van der Waals surface area (Å²) < 4.78 is 5.88. The highest BCUT2D eigenvalue weighted by atomic mass is 16.5. The van der Waals surface area contributed by atoms with Gasteiger partial charge in [-0.25, -0.2) is 4.79 Å². The van der Waals surface area contributed by atoms with E-state index in [1.165, 1.54) is 6.92 Å².